The summed E-state index contributed by atoms with van der Waals surface area (Å²) in [6.45, 7) is 5.78. The van der Waals surface area contributed by atoms with Crippen molar-refractivity contribution in [1.82, 2.24) is 19.6 Å². The lowest BCUT2D eigenvalue weighted by Gasteiger charge is -2.11. The van der Waals surface area contributed by atoms with Gasteiger partial charge in [-0.3, -0.25) is 0 Å². The summed E-state index contributed by atoms with van der Waals surface area (Å²) >= 11 is 0. The molecule has 0 amide bonds. The van der Waals surface area contributed by atoms with Gasteiger partial charge in [0.15, 0.2) is 11.5 Å². The Kier molecular flexibility index (Phi) is 2.62. The maximum Gasteiger partial charge on any atom is 0.433 e. The van der Waals surface area contributed by atoms with E-state index < -0.39 is 11.9 Å². The zero-order valence-electron chi connectivity index (χ0n) is 11.5. The smallest absolute Gasteiger partial charge is 0.228 e. The van der Waals surface area contributed by atoms with E-state index in [0.29, 0.717) is 11.6 Å². The molecule has 2 aromatic rings. The second kappa shape index (κ2) is 3.93. The molecule has 0 saturated heterocycles. The Morgan fingerprint density at radius 1 is 1.15 bits per heavy atom. The summed E-state index contributed by atoms with van der Waals surface area (Å²) in [4.78, 5) is 8.01. The minimum Gasteiger partial charge on any atom is -0.228 e. The Morgan fingerprint density at radius 3 is 2.30 bits per heavy atom. The normalized spacial score (nSPS) is 16.9. The van der Waals surface area contributed by atoms with Crippen molar-refractivity contribution in [3.63, 3.8) is 0 Å². The molecule has 0 N–H and O–H groups in total. The molecular weight excluding hydrogens is 269 g/mol. The predicted octanol–water partition coefficient (Wildman–Crippen LogP) is 3.32. The Morgan fingerprint density at radius 2 is 1.80 bits per heavy atom. The molecule has 2 aromatic heterocycles. The highest BCUT2D eigenvalue weighted by Crippen LogP contribution is 2.40. The SMILES string of the molecule is CC(C)(C)c1nc2cc(C(F)(F)F)nc(C3CC3)n2n1. The van der Waals surface area contributed by atoms with Gasteiger partial charge < -0.3 is 0 Å². The van der Waals surface area contributed by atoms with Gasteiger partial charge in [-0.05, 0) is 12.8 Å². The third-order valence-electron chi connectivity index (χ3n) is 3.25. The summed E-state index contributed by atoms with van der Waals surface area (Å²) in [5, 5.41) is 4.34. The average Bonchev–Trinajstić information content (AvgIpc) is 3.03. The molecule has 1 saturated carbocycles. The van der Waals surface area contributed by atoms with Gasteiger partial charge in [0.25, 0.3) is 0 Å². The molecule has 1 aliphatic carbocycles. The highest BCUT2D eigenvalue weighted by Gasteiger charge is 2.37. The Bertz CT molecular complexity index is 663. The quantitative estimate of drug-likeness (QED) is 0.806. The van der Waals surface area contributed by atoms with E-state index in [0.717, 1.165) is 18.9 Å². The van der Waals surface area contributed by atoms with Crippen molar-refractivity contribution in [3.05, 3.63) is 23.4 Å². The van der Waals surface area contributed by atoms with Crippen molar-refractivity contribution < 1.29 is 13.2 Å². The van der Waals surface area contributed by atoms with Crippen LogP contribution in [0, 0.1) is 0 Å². The van der Waals surface area contributed by atoms with E-state index in [1.807, 2.05) is 20.8 Å². The second-order valence-electron chi connectivity index (χ2n) is 6.23. The lowest BCUT2D eigenvalue weighted by atomic mass is 9.96. The summed E-state index contributed by atoms with van der Waals surface area (Å²) in [6, 6.07) is 0.966. The van der Waals surface area contributed by atoms with Crippen LogP contribution in [0.2, 0.25) is 0 Å². The summed E-state index contributed by atoms with van der Waals surface area (Å²) in [5.41, 5.74) is -0.982. The van der Waals surface area contributed by atoms with Crippen LogP contribution in [-0.4, -0.2) is 19.6 Å². The van der Waals surface area contributed by atoms with Gasteiger partial charge in [0.05, 0.1) is 0 Å². The zero-order chi connectivity index (χ0) is 14.7. The monoisotopic (exact) mass is 284 g/mol. The van der Waals surface area contributed by atoms with Crippen molar-refractivity contribution in [2.24, 2.45) is 0 Å². The molecule has 0 aromatic carbocycles. The van der Waals surface area contributed by atoms with Crippen molar-refractivity contribution in [1.29, 1.82) is 0 Å². The van der Waals surface area contributed by atoms with E-state index in [4.69, 9.17) is 0 Å². The molecule has 0 bridgehead atoms. The Labute approximate surface area is 114 Å². The van der Waals surface area contributed by atoms with Gasteiger partial charge >= 0.3 is 6.18 Å². The first kappa shape index (κ1) is 13.3. The third kappa shape index (κ3) is 2.25. The summed E-state index contributed by atoms with van der Waals surface area (Å²) < 4.78 is 40.2. The number of aromatic nitrogens is 4. The number of hydrogen-bond acceptors (Lipinski definition) is 3. The molecule has 1 aliphatic rings. The first-order valence-electron chi connectivity index (χ1n) is 6.51. The first-order chi connectivity index (χ1) is 9.16. The van der Waals surface area contributed by atoms with Crippen LogP contribution in [0.25, 0.3) is 5.65 Å². The van der Waals surface area contributed by atoms with E-state index in [2.05, 4.69) is 15.1 Å². The lowest BCUT2D eigenvalue weighted by molar-refractivity contribution is -0.141. The van der Waals surface area contributed by atoms with Gasteiger partial charge in [-0.2, -0.15) is 17.7 Å². The van der Waals surface area contributed by atoms with Crippen molar-refractivity contribution in [2.45, 2.75) is 51.1 Å². The highest BCUT2D eigenvalue weighted by atomic mass is 19.4. The van der Waals surface area contributed by atoms with Gasteiger partial charge in [-0.1, -0.05) is 20.8 Å². The Balaban J connectivity index is 2.24. The van der Waals surface area contributed by atoms with Gasteiger partial charge in [-0.15, -0.1) is 5.10 Å². The molecule has 0 radical (unpaired) electrons. The highest BCUT2D eigenvalue weighted by molar-refractivity contribution is 5.42. The van der Waals surface area contributed by atoms with Crippen LogP contribution in [0.15, 0.2) is 6.07 Å². The van der Waals surface area contributed by atoms with E-state index in [1.54, 1.807) is 0 Å². The molecule has 0 atom stereocenters. The fourth-order valence-corrected chi connectivity index (χ4v) is 1.98. The number of fused-ring (bicyclic) bond motifs is 1. The molecule has 20 heavy (non-hydrogen) atoms. The number of halogens is 3. The van der Waals surface area contributed by atoms with Crippen LogP contribution in [-0.2, 0) is 11.6 Å². The number of alkyl halides is 3. The zero-order valence-corrected chi connectivity index (χ0v) is 11.5. The van der Waals surface area contributed by atoms with E-state index in [-0.39, 0.29) is 17.0 Å². The molecule has 3 rings (SSSR count). The largest absolute Gasteiger partial charge is 0.433 e. The van der Waals surface area contributed by atoms with Crippen molar-refractivity contribution in [2.75, 3.05) is 0 Å². The number of hydrogen-bond donors (Lipinski definition) is 0. The van der Waals surface area contributed by atoms with E-state index >= 15 is 0 Å². The van der Waals surface area contributed by atoms with Crippen LogP contribution in [0.4, 0.5) is 13.2 Å². The summed E-state index contributed by atoms with van der Waals surface area (Å²) in [7, 11) is 0. The molecule has 2 heterocycles. The molecule has 7 heteroatoms. The molecule has 0 aliphatic heterocycles. The van der Waals surface area contributed by atoms with Gasteiger partial charge in [0.2, 0.25) is 0 Å². The summed E-state index contributed by atoms with van der Waals surface area (Å²) in [5.74, 6) is 0.965. The molecule has 0 spiro atoms. The fraction of sp³-hybridized carbons (Fsp3) is 0.615. The van der Waals surface area contributed by atoms with E-state index in [9.17, 15) is 13.2 Å². The topological polar surface area (TPSA) is 43.1 Å². The van der Waals surface area contributed by atoms with Crippen LogP contribution in [0.1, 0.15) is 56.9 Å². The van der Waals surface area contributed by atoms with Crippen LogP contribution in [0.3, 0.4) is 0 Å². The van der Waals surface area contributed by atoms with E-state index in [1.165, 1.54) is 4.52 Å². The van der Waals surface area contributed by atoms with Crippen LogP contribution < -0.4 is 0 Å². The standard InChI is InChI=1S/C13H15F3N4/c1-12(2,3)11-18-9-6-8(13(14,15)16)17-10(7-4-5-7)20(9)19-11/h6-7H,4-5H2,1-3H3. The predicted molar refractivity (Wildman–Crippen MR) is 66.5 cm³/mol. The maximum atomic E-state index is 12.9. The van der Waals surface area contributed by atoms with Crippen molar-refractivity contribution >= 4 is 5.65 Å². The van der Waals surface area contributed by atoms with Crippen molar-refractivity contribution in [3.8, 4) is 0 Å². The minimum absolute atomic E-state index is 0.0642. The molecular formula is C13H15F3N4. The number of nitrogens with zero attached hydrogens (tertiary/aromatic N) is 4. The van der Waals surface area contributed by atoms with Gasteiger partial charge in [0.1, 0.15) is 11.5 Å². The minimum atomic E-state index is -4.46. The molecule has 1 fully saturated rings. The molecule has 0 unspecified atom stereocenters. The Hall–Kier alpha value is -1.66. The molecule has 108 valence electrons. The third-order valence-corrected chi connectivity index (χ3v) is 3.25. The summed E-state index contributed by atoms with van der Waals surface area (Å²) in [6.07, 6.45) is -2.75. The van der Waals surface area contributed by atoms with Gasteiger partial charge in [0, 0.05) is 17.4 Å². The number of rotatable bonds is 1. The fourth-order valence-electron chi connectivity index (χ4n) is 1.98. The lowest BCUT2D eigenvalue weighted by Crippen LogP contribution is -2.14. The van der Waals surface area contributed by atoms with Crippen LogP contribution in [0.5, 0.6) is 0 Å². The van der Waals surface area contributed by atoms with Gasteiger partial charge in [-0.25, -0.2) is 9.97 Å². The average molecular weight is 284 g/mol. The second-order valence-corrected chi connectivity index (χ2v) is 6.23. The molecule has 4 nitrogen and oxygen atoms in total. The first-order valence-corrected chi connectivity index (χ1v) is 6.51. The maximum absolute atomic E-state index is 12.9. The van der Waals surface area contributed by atoms with Crippen LogP contribution >= 0.6 is 0 Å².